The Balaban J connectivity index is -0.000000282. The number of rotatable bonds is 9. The van der Waals surface area contributed by atoms with E-state index in [-0.39, 0.29) is 31.9 Å². The second-order valence-electron chi connectivity index (χ2n) is 3.81. The molecule has 0 aromatic rings. The Morgan fingerprint density at radius 3 is 1.93 bits per heavy atom. The van der Waals surface area contributed by atoms with Crippen molar-refractivity contribution in [3.8, 4) is 0 Å². The van der Waals surface area contributed by atoms with Crippen LogP contribution in [0, 0.1) is 0 Å². The number of hydrogen-bond acceptors (Lipinski definition) is 2. The summed E-state index contributed by atoms with van der Waals surface area (Å²) in [6, 6.07) is 0. The minimum Gasteiger partial charge on any atom is -1.00 e. The van der Waals surface area contributed by atoms with Gasteiger partial charge in [0.25, 0.3) is 0 Å². The third kappa shape index (κ3) is 16.9. The molecule has 0 fully saturated rings. The molecule has 0 N–H and O–H groups in total. The molecule has 0 rings (SSSR count). The van der Waals surface area contributed by atoms with Gasteiger partial charge in [0.15, 0.2) is 0 Å². The third-order valence-electron chi connectivity index (χ3n) is 2.30. The molecule has 0 aliphatic heterocycles. The fourth-order valence-electron chi connectivity index (χ4n) is 1.45. The quantitative estimate of drug-likeness (QED) is 0.342. The van der Waals surface area contributed by atoms with E-state index in [2.05, 4.69) is 6.92 Å². The summed E-state index contributed by atoms with van der Waals surface area (Å²) < 4.78 is 4.85. The molecule has 0 aliphatic carbocycles. The van der Waals surface area contributed by atoms with Crippen molar-refractivity contribution in [3.05, 3.63) is 0 Å². The van der Waals surface area contributed by atoms with Gasteiger partial charge in [-0.15, -0.1) is 0 Å². The van der Waals surface area contributed by atoms with Crippen molar-refractivity contribution in [1.82, 2.24) is 0 Å². The van der Waals surface area contributed by atoms with Crippen LogP contribution >= 0.6 is 0 Å². The van der Waals surface area contributed by atoms with Crippen molar-refractivity contribution in [2.24, 2.45) is 0 Å². The minimum atomic E-state index is -0.159. The molecule has 0 spiro atoms. The standard InChI is InChI=1S/C12H24O2.Mg.2H/c1-3-4-5-6-7-8-9-10-11-14-12(2)13;;;/h3-11H2,1-2H3;;;/q;+2;2*-1. The van der Waals surface area contributed by atoms with Crippen molar-refractivity contribution < 1.29 is 12.4 Å². The van der Waals surface area contributed by atoms with Crippen LogP contribution in [0.4, 0.5) is 0 Å². The molecule has 88 valence electrons. The van der Waals surface area contributed by atoms with E-state index in [0.29, 0.717) is 6.61 Å². The van der Waals surface area contributed by atoms with Gasteiger partial charge in [-0.2, -0.15) is 0 Å². The summed E-state index contributed by atoms with van der Waals surface area (Å²) in [6.45, 7) is 4.30. The van der Waals surface area contributed by atoms with Crippen molar-refractivity contribution in [3.63, 3.8) is 0 Å². The second-order valence-corrected chi connectivity index (χ2v) is 3.81. The average molecular weight is 227 g/mol. The Kier molecular flexibility index (Phi) is 16.7. The predicted octanol–water partition coefficient (Wildman–Crippen LogP) is 3.53. The summed E-state index contributed by atoms with van der Waals surface area (Å²) in [7, 11) is 0. The number of unbranched alkanes of at least 4 members (excludes halogenated alkanes) is 7. The first kappa shape index (κ1) is 17.6. The molecular formula is C12H26MgO2. The average Bonchev–Trinajstić information content (AvgIpc) is 2.15. The first-order valence-electron chi connectivity index (χ1n) is 5.90. The number of carbonyl (C=O) groups excluding carboxylic acids is 1. The van der Waals surface area contributed by atoms with Crippen molar-refractivity contribution in [2.45, 2.75) is 65.2 Å². The fourth-order valence-corrected chi connectivity index (χ4v) is 1.45. The molecule has 0 bridgehead atoms. The second kappa shape index (κ2) is 14.2. The number of ether oxygens (including phenoxy) is 1. The molecule has 0 amide bonds. The van der Waals surface area contributed by atoms with Gasteiger partial charge in [-0.1, -0.05) is 51.9 Å². The maximum absolute atomic E-state index is 10.4. The van der Waals surface area contributed by atoms with Gasteiger partial charge >= 0.3 is 29.0 Å². The Morgan fingerprint density at radius 2 is 1.47 bits per heavy atom. The molecule has 0 saturated carbocycles. The first-order chi connectivity index (χ1) is 6.77. The molecule has 0 heterocycles. The van der Waals surface area contributed by atoms with Crippen LogP contribution in [0.5, 0.6) is 0 Å². The number of hydrogen-bond donors (Lipinski definition) is 0. The maximum atomic E-state index is 10.4. The van der Waals surface area contributed by atoms with E-state index in [1.807, 2.05) is 0 Å². The molecule has 0 aliphatic rings. The maximum Gasteiger partial charge on any atom is 2.00 e. The van der Waals surface area contributed by atoms with E-state index in [9.17, 15) is 4.79 Å². The molecule has 0 aromatic heterocycles. The van der Waals surface area contributed by atoms with Crippen molar-refractivity contribution >= 4 is 29.0 Å². The van der Waals surface area contributed by atoms with Crippen LogP contribution in [0.15, 0.2) is 0 Å². The third-order valence-corrected chi connectivity index (χ3v) is 2.30. The molecule has 0 radical (unpaired) electrons. The Labute approximate surface area is 113 Å². The zero-order chi connectivity index (χ0) is 10.6. The smallest absolute Gasteiger partial charge is 1.00 e. The van der Waals surface area contributed by atoms with Gasteiger partial charge in [0.1, 0.15) is 0 Å². The Bertz CT molecular complexity index is 146. The van der Waals surface area contributed by atoms with Crippen LogP contribution in [-0.4, -0.2) is 35.6 Å². The molecule has 0 saturated heterocycles. The van der Waals surface area contributed by atoms with Crippen LogP contribution in [0.25, 0.3) is 0 Å². The van der Waals surface area contributed by atoms with Crippen LogP contribution in [0.2, 0.25) is 0 Å². The topological polar surface area (TPSA) is 26.3 Å². The van der Waals surface area contributed by atoms with Crippen LogP contribution in [0.3, 0.4) is 0 Å². The molecule has 0 aromatic carbocycles. The van der Waals surface area contributed by atoms with Gasteiger partial charge in [-0.3, -0.25) is 4.79 Å². The van der Waals surface area contributed by atoms with Gasteiger partial charge in [-0.05, 0) is 6.42 Å². The number of carbonyl (C=O) groups is 1. The largest absolute Gasteiger partial charge is 2.00 e. The molecular weight excluding hydrogens is 200 g/mol. The zero-order valence-electron chi connectivity index (χ0n) is 12.4. The monoisotopic (exact) mass is 226 g/mol. The molecule has 15 heavy (non-hydrogen) atoms. The number of esters is 1. The summed E-state index contributed by atoms with van der Waals surface area (Å²) in [5.41, 5.74) is 0. The normalized spacial score (nSPS) is 9.47. The van der Waals surface area contributed by atoms with E-state index < -0.39 is 0 Å². The molecule has 3 heteroatoms. The summed E-state index contributed by atoms with van der Waals surface area (Å²) in [6.07, 6.45) is 10.2. The Morgan fingerprint density at radius 1 is 1.00 bits per heavy atom. The van der Waals surface area contributed by atoms with Crippen molar-refractivity contribution in [2.75, 3.05) is 6.61 Å². The van der Waals surface area contributed by atoms with Gasteiger partial charge in [0, 0.05) is 6.92 Å². The predicted molar refractivity (Wildman–Crippen MR) is 67.2 cm³/mol. The van der Waals surface area contributed by atoms with Crippen molar-refractivity contribution in [1.29, 1.82) is 0 Å². The summed E-state index contributed by atoms with van der Waals surface area (Å²) >= 11 is 0. The summed E-state index contributed by atoms with van der Waals surface area (Å²) in [4.78, 5) is 10.4. The van der Waals surface area contributed by atoms with E-state index in [0.717, 1.165) is 6.42 Å². The van der Waals surface area contributed by atoms with Gasteiger partial charge in [0.05, 0.1) is 6.61 Å². The van der Waals surface area contributed by atoms with E-state index in [1.165, 1.54) is 51.9 Å². The van der Waals surface area contributed by atoms with Gasteiger partial charge in [-0.25, -0.2) is 0 Å². The zero-order valence-corrected chi connectivity index (χ0v) is 11.8. The van der Waals surface area contributed by atoms with Crippen LogP contribution in [-0.2, 0) is 9.53 Å². The molecule has 0 atom stereocenters. The first-order valence-corrected chi connectivity index (χ1v) is 5.90. The van der Waals surface area contributed by atoms with E-state index in [4.69, 9.17) is 4.74 Å². The SMILES string of the molecule is CCCCCCCCCCOC(C)=O.[H-].[H-].[Mg+2]. The van der Waals surface area contributed by atoms with Gasteiger partial charge < -0.3 is 7.59 Å². The Hall–Kier alpha value is 0.236. The van der Waals surface area contributed by atoms with Crippen LogP contribution < -0.4 is 0 Å². The van der Waals surface area contributed by atoms with E-state index in [1.54, 1.807) is 0 Å². The van der Waals surface area contributed by atoms with E-state index >= 15 is 0 Å². The summed E-state index contributed by atoms with van der Waals surface area (Å²) in [5, 5.41) is 0. The summed E-state index contributed by atoms with van der Waals surface area (Å²) in [5.74, 6) is -0.159. The van der Waals surface area contributed by atoms with Gasteiger partial charge in [0.2, 0.25) is 0 Å². The fraction of sp³-hybridized carbons (Fsp3) is 0.917. The molecule has 0 unspecified atom stereocenters. The molecule has 2 nitrogen and oxygen atoms in total. The van der Waals surface area contributed by atoms with Crippen LogP contribution in [0.1, 0.15) is 68.1 Å². The minimum absolute atomic E-state index is 0.